The van der Waals surface area contributed by atoms with Gasteiger partial charge in [0.15, 0.2) is 0 Å². The number of carbonyl (C=O) groups is 4. The molecular formula is C113H118N18O11. The van der Waals surface area contributed by atoms with E-state index in [9.17, 15) is 39.4 Å². The molecule has 1 saturated carbocycles. The van der Waals surface area contributed by atoms with E-state index in [0.29, 0.717) is 45.2 Å². The highest BCUT2D eigenvalue weighted by molar-refractivity contribution is 5.83. The molecule has 16 aromatic rings. The molecule has 726 valence electrons. The van der Waals surface area contributed by atoms with Gasteiger partial charge in [0.25, 0.3) is 11.4 Å². The summed E-state index contributed by atoms with van der Waals surface area (Å²) in [6.45, 7) is 22.9. The number of ether oxygens (including phenoxy) is 3. The monoisotopic (exact) mass is 1900 g/mol. The molecule has 4 saturated heterocycles. The van der Waals surface area contributed by atoms with Crippen molar-refractivity contribution in [3.05, 3.63) is 335 Å². The van der Waals surface area contributed by atoms with Crippen LogP contribution in [0.2, 0.25) is 0 Å². The Morgan fingerprint density at radius 1 is 0.317 bits per heavy atom. The van der Waals surface area contributed by atoms with Crippen LogP contribution in [0.1, 0.15) is 63.3 Å². The molecule has 142 heavy (non-hydrogen) atoms. The van der Waals surface area contributed by atoms with Gasteiger partial charge in [-0.25, -0.2) is 19.9 Å². The van der Waals surface area contributed by atoms with Crippen molar-refractivity contribution in [1.82, 2.24) is 76.7 Å². The van der Waals surface area contributed by atoms with Crippen molar-refractivity contribution in [3.8, 4) is 101 Å². The van der Waals surface area contributed by atoms with E-state index >= 15 is 0 Å². The largest absolute Gasteiger partial charge is 0.497 e. The Hall–Kier alpha value is -15.4. The second-order valence-electron chi connectivity index (χ2n) is 37.2. The minimum absolute atomic E-state index is 0.00722. The molecule has 0 atom stereocenters. The zero-order valence-corrected chi connectivity index (χ0v) is 81.2. The number of fused-ring (bicyclic) bond motifs is 4. The van der Waals surface area contributed by atoms with E-state index in [0.717, 1.165) is 240 Å². The Bertz CT molecular complexity index is 6960. The van der Waals surface area contributed by atoms with Crippen LogP contribution in [0.4, 0.5) is 11.4 Å². The zero-order chi connectivity index (χ0) is 98.4. The van der Waals surface area contributed by atoms with Crippen LogP contribution in [-0.4, -0.2) is 243 Å². The molecule has 0 bridgehead atoms. The predicted molar refractivity (Wildman–Crippen MR) is 552 cm³/mol. The van der Waals surface area contributed by atoms with Gasteiger partial charge in [-0.2, -0.15) is 0 Å². The number of benzene rings is 8. The van der Waals surface area contributed by atoms with E-state index in [-0.39, 0.29) is 63.3 Å². The standard InChI is InChI=1S/C29H32N4O2.C28H27N5O3.C28H29N5O3.C28H30N4O3/c1-21(2)29(34)32-16-14-31(15-17-32)20-26-28(23-10-7-11-25(18-23)35-3)30-27-13-12-24(19-33(26)27)22-8-5-4-6-9-22;34-28(21-9-10-21)31-15-13-30(14-16-31)19-25-27(22-7-4-8-24(17-22)33(35)36)29-26-12-11-23(18-32(25)26)20-5-2-1-3-6-20;1-20(2)28(34)31-15-13-30(14-16-31)19-25-27(22-9-6-10-24(17-22)33(35)36)29-26-12-11-23(18-32(25)26)21-7-4-3-5-8-21;1-34-20-27(33)31-15-13-30(14-16-31)19-25-28(22-9-6-10-24(17-22)35-2)29-26-12-11-23(18-32(25)26)21-7-4-3-5-8-21/h4-13,18-19,21H,14-17,20H2,1-3H3;1-8,11-12,17-18,21H,9-10,13-16,19H2;3-12,17-18,20H,13-16,19H2,1-2H3;3-12,17-18H,13-16,19-20H2,1-2H3. The van der Waals surface area contributed by atoms with Gasteiger partial charge in [0.1, 0.15) is 40.7 Å². The lowest BCUT2D eigenvalue weighted by Crippen LogP contribution is -2.49. The lowest BCUT2D eigenvalue weighted by molar-refractivity contribution is -0.385. The summed E-state index contributed by atoms with van der Waals surface area (Å²) in [5.74, 6) is 2.67. The fourth-order valence-corrected chi connectivity index (χ4v) is 19.1. The highest BCUT2D eigenvalue weighted by Gasteiger charge is 2.36. The maximum Gasteiger partial charge on any atom is 0.270 e. The maximum atomic E-state index is 12.5. The van der Waals surface area contributed by atoms with Crippen molar-refractivity contribution < 1.29 is 43.2 Å². The molecule has 8 aromatic carbocycles. The molecule has 0 unspecified atom stereocenters. The van der Waals surface area contributed by atoms with Gasteiger partial charge in [0, 0.05) is 227 Å². The fourth-order valence-electron chi connectivity index (χ4n) is 19.1. The number of hydrogen-bond donors (Lipinski definition) is 0. The van der Waals surface area contributed by atoms with E-state index in [4.69, 9.17) is 34.1 Å². The summed E-state index contributed by atoms with van der Waals surface area (Å²) in [6, 6.07) is 87.2. The van der Waals surface area contributed by atoms with Crippen LogP contribution >= 0.6 is 0 Å². The Morgan fingerprint density at radius 3 is 0.852 bits per heavy atom. The van der Waals surface area contributed by atoms with Crippen molar-refractivity contribution in [2.45, 2.75) is 66.7 Å². The Morgan fingerprint density at radius 2 is 0.585 bits per heavy atom. The molecule has 12 heterocycles. The molecule has 1 aliphatic carbocycles. The van der Waals surface area contributed by atoms with Crippen LogP contribution in [0.3, 0.4) is 0 Å². The van der Waals surface area contributed by atoms with E-state index in [1.54, 1.807) is 45.6 Å². The lowest BCUT2D eigenvalue weighted by Gasteiger charge is -2.35. The highest BCUT2D eigenvalue weighted by atomic mass is 16.6. The van der Waals surface area contributed by atoms with Crippen LogP contribution in [0.25, 0.3) is 112 Å². The Labute approximate surface area is 825 Å². The van der Waals surface area contributed by atoms with Crippen molar-refractivity contribution in [3.63, 3.8) is 0 Å². The number of piperazine rings is 4. The first-order valence-corrected chi connectivity index (χ1v) is 48.7. The lowest BCUT2D eigenvalue weighted by atomic mass is 10.1. The molecule has 0 radical (unpaired) electrons. The van der Waals surface area contributed by atoms with Gasteiger partial charge in [-0.1, -0.05) is 198 Å². The molecular weight excluding hydrogens is 1790 g/mol. The van der Waals surface area contributed by atoms with Crippen molar-refractivity contribution in [2.75, 3.05) is 133 Å². The molecule has 8 aromatic heterocycles. The maximum absolute atomic E-state index is 12.5. The van der Waals surface area contributed by atoms with Crippen LogP contribution in [0, 0.1) is 38.0 Å². The summed E-state index contributed by atoms with van der Waals surface area (Å²) >= 11 is 0. The quantitative estimate of drug-likeness (QED) is 0.0380. The Kier molecular flexibility index (Phi) is 30.3. The first-order valence-electron chi connectivity index (χ1n) is 48.7. The van der Waals surface area contributed by atoms with Crippen molar-refractivity contribution in [2.24, 2.45) is 17.8 Å². The molecule has 5 fully saturated rings. The number of carbonyl (C=O) groups excluding carboxylic acids is 4. The van der Waals surface area contributed by atoms with E-state index in [2.05, 4.69) is 183 Å². The van der Waals surface area contributed by atoms with Gasteiger partial charge in [0.05, 0.1) is 69.6 Å². The van der Waals surface area contributed by atoms with Gasteiger partial charge < -0.3 is 51.4 Å². The number of nitrogens with zero attached hydrogens (tertiary/aromatic N) is 18. The summed E-state index contributed by atoms with van der Waals surface area (Å²) in [5, 5.41) is 22.9. The molecule has 4 aliphatic heterocycles. The normalized spacial score (nSPS) is 15.0. The van der Waals surface area contributed by atoms with E-state index in [1.165, 1.54) is 23.3 Å². The average molecular weight is 1900 g/mol. The molecule has 5 aliphatic rings. The van der Waals surface area contributed by atoms with E-state index in [1.807, 2.05) is 156 Å². The molecule has 29 heteroatoms. The molecule has 4 amide bonds. The SMILES string of the molecule is CC(C)C(=O)N1CCN(Cc2c(-c3cccc([N+](=O)[O-])c3)nc3ccc(-c4ccccc4)cn23)CC1.COCC(=O)N1CCN(Cc2c(-c3cccc(OC)c3)nc3ccc(-c4ccccc4)cn23)CC1.COc1cccc(-c2nc3ccc(-c4ccccc4)cn3c2CN2CCN(C(=O)C(C)C)CC2)c1.O=C(C1CC1)N1CCN(Cc2c(-c3cccc([N+](=O)[O-])c3)nc3ccc(-c4ccccc4)cn23)CC1. The third-order valence-corrected chi connectivity index (χ3v) is 27.1. The number of non-ortho nitro benzene ring substituents is 2. The first-order chi connectivity index (χ1) is 69.2. The molecule has 21 rings (SSSR count). The summed E-state index contributed by atoms with van der Waals surface area (Å²) < 4.78 is 24.6. The molecule has 29 nitrogen and oxygen atoms in total. The summed E-state index contributed by atoms with van der Waals surface area (Å²) in [7, 11) is 4.93. The number of pyridine rings is 4. The van der Waals surface area contributed by atoms with Gasteiger partial charge in [-0.3, -0.25) is 59.0 Å². The fraction of sp³-hybridized carbons (Fsp3) is 0.292. The van der Waals surface area contributed by atoms with E-state index < -0.39 is 0 Å². The van der Waals surface area contributed by atoms with Crippen molar-refractivity contribution >= 4 is 57.6 Å². The van der Waals surface area contributed by atoms with Crippen LogP contribution < -0.4 is 9.47 Å². The number of aromatic nitrogens is 8. The smallest absolute Gasteiger partial charge is 0.270 e. The number of nitro benzene ring substituents is 2. The minimum Gasteiger partial charge on any atom is -0.497 e. The van der Waals surface area contributed by atoms with Gasteiger partial charge in [0.2, 0.25) is 23.6 Å². The van der Waals surface area contributed by atoms with Crippen LogP contribution in [0.15, 0.2) is 292 Å². The first kappa shape index (κ1) is 96.9. The molecule has 0 spiro atoms. The number of rotatable bonds is 25. The zero-order valence-electron chi connectivity index (χ0n) is 81.2. The van der Waals surface area contributed by atoms with Crippen molar-refractivity contribution in [1.29, 1.82) is 0 Å². The highest BCUT2D eigenvalue weighted by Crippen LogP contribution is 2.39. The predicted octanol–water partition coefficient (Wildman–Crippen LogP) is 18.5. The number of imidazole rings is 4. The van der Waals surface area contributed by atoms with Gasteiger partial charge in [-0.15, -0.1) is 0 Å². The Balaban J connectivity index is 0.000000125. The van der Waals surface area contributed by atoms with Crippen LogP contribution in [0.5, 0.6) is 11.5 Å². The molecule has 0 N–H and O–H groups in total. The number of nitro groups is 2. The topological polar surface area (TPSA) is 277 Å². The van der Waals surface area contributed by atoms with Gasteiger partial charge in [-0.05, 0) is 130 Å². The number of methoxy groups -OCH3 is 3. The summed E-state index contributed by atoms with van der Waals surface area (Å²) in [6.07, 6.45) is 10.6. The van der Waals surface area contributed by atoms with Gasteiger partial charge >= 0.3 is 0 Å². The van der Waals surface area contributed by atoms with Crippen LogP contribution in [-0.2, 0) is 50.1 Å². The third-order valence-electron chi connectivity index (χ3n) is 27.1. The summed E-state index contributed by atoms with van der Waals surface area (Å²) in [4.78, 5) is 109. The number of amides is 4. The number of hydrogen-bond acceptors (Lipinski definition) is 19. The average Bonchev–Trinajstić information content (AvgIpc) is 1.63. The second-order valence-corrected chi connectivity index (χ2v) is 37.2. The summed E-state index contributed by atoms with van der Waals surface area (Å²) in [5.41, 5.74) is 23.7. The minimum atomic E-state index is -0.378. The third kappa shape index (κ3) is 22.5. The second kappa shape index (κ2) is 44.4.